The van der Waals surface area contributed by atoms with Gasteiger partial charge >= 0.3 is 0 Å². The Bertz CT molecular complexity index is 762. The Labute approximate surface area is 146 Å². The number of carbonyl (C=O) groups is 1. The van der Waals surface area contributed by atoms with Crippen LogP contribution in [0.3, 0.4) is 0 Å². The molecule has 6 heteroatoms. The van der Waals surface area contributed by atoms with Crippen LogP contribution in [0.5, 0.6) is 11.5 Å². The summed E-state index contributed by atoms with van der Waals surface area (Å²) >= 11 is 0. The van der Waals surface area contributed by atoms with Crippen LogP contribution < -0.4 is 14.9 Å². The number of hydrazone groups is 1. The maximum absolute atomic E-state index is 12.0. The van der Waals surface area contributed by atoms with Gasteiger partial charge in [-0.05, 0) is 67.9 Å². The van der Waals surface area contributed by atoms with Crippen molar-refractivity contribution in [1.29, 1.82) is 5.26 Å². The van der Waals surface area contributed by atoms with Crippen molar-refractivity contribution in [2.45, 2.75) is 20.0 Å². The molecule has 2 rings (SSSR count). The maximum atomic E-state index is 12.0. The third-order valence-electron chi connectivity index (χ3n) is 3.24. The monoisotopic (exact) mass is 337 g/mol. The second-order valence-corrected chi connectivity index (χ2v) is 5.13. The van der Waals surface area contributed by atoms with Gasteiger partial charge in [0.25, 0.3) is 5.91 Å². The Hall–Kier alpha value is -3.33. The summed E-state index contributed by atoms with van der Waals surface area (Å²) in [4.78, 5) is 12.0. The van der Waals surface area contributed by atoms with Crippen LogP contribution in [0.15, 0.2) is 53.6 Å². The fourth-order valence-electron chi connectivity index (χ4n) is 1.94. The second kappa shape index (κ2) is 9.08. The van der Waals surface area contributed by atoms with Crippen LogP contribution in [0.4, 0.5) is 0 Å². The predicted octanol–water partition coefficient (Wildman–Crippen LogP) is 2.87. The van der Waals surface area contributed by atoms with Crippen molar-refractivity contribution in [2.75, 3.05) is 6.61 Å². The van der Waals surface area contributed by atoms with E-state index in [1.54, 1.807) is 37.4 Å². The lowest BCUT2D eigenvalue weighted by atomic mass is 10.2. The normalized spacial score (nSPS) is 11.6. The number of nitrogens with zero attached hydrogens (tertiary/aromatic N) is 2. The predicted molar refractivity (Wildman–Crippen MR) is 94.6 cm³/mol. The Kier molecular flexibility index (Phi) is 6.55. The van der Waals surface area contributed by atoms with Crippen molar-refractivity contribution < 1.29 is 14.3 Å². The fourth-order valence-corrected chi connectivity index (χ4v) is 1.94. The zero-order valence-electron chi connectivity index (χ0n) is 14.1. The van der Waals surface area contributed by atoms with Crippen molar-refractivity contribution >= 4 is 12.1 Å². The Morgan fingerprint density at radius 2 is 1.84 bits per heavy atom. The van der Waals surface area contributed by atoms with E-state index in [2.05, 4.69) is 10.5 Å². The van der Waals surface area contributed by atoms with E-state index < -0.39 is 6.10 Å². The summed E-state index contributed by atoms with van der Waals surface area (Å²) in [5, 5.41) is 12.7. The Balaban J connectivity index is 1.84. The molecule has 25 heavy (non-hydrogen) atoms. The van der Waals surface area contributed by atoms with Gasteiger partial charge in [0.1, 0.15) is 11.5 Å². The van der Waals surface area contributed by atoms with Crippen LogP contribution in [0.2, 0.25) is 0 Å². The number of benzene rings is 2. The SMILES string of the molecule is CCOc1ccc(/C=N/NC(=O)C(C)Oc2ccc(C#N)cc2)cc1. The van der Waals surface area contributed by atoms with Gasteiger partial charge in [0.2, 0.25) is 0 Å². The first kappa shape index (κ1) is 18.0. The molecule has 2 aromatic carbocycles. The molecule has 6 nitrogen and oxygen atoms in total. The molecule has 0 bridgehead atoms. The average molecular weight is 337 g/mol. The van der Waals surface area contributed by atoms with Crippen LogP contribution in [0, 0.1) is 11.3 Å². The minimum absolute atomic E-state index is 0.369. The summed E-state index contributed by atoms with van der Waals surface area (Å²) in [6.07, 6.45) is 0.827. The molecule has 128 valence electrons. The molecule has 0 radical (unpaired) electrons. The van der Waals surface area contributed by atoms with Gasteiger partial charge in [-0.3, -0.25) is 4.79 Å². The molecule has 0 aromatic heterocycles. The highest BCUT2D eigenvalue weighted by molar-refractivity contribution is 5.84. The summed E-state index contributed by atoms with van der Waals surface area (Å²) in [5.74, 6) is 0.928. The summed E-state index contributed by atoms with van der Waals surface area (Å²) in [7, 11) is 0. The lowest BCUT2D eigenvalue weighted by Crippen LogP contribution is -2.33. The Morgan fingerprint density at radius 1 is 1.20 bits per heavy atom. The van der Waals surface area contributed by atoms with Crippen molar-refractivity contribution in [3.05, 3.63) is 59.7 Å². The van der Waals surface area contributed by atoms with E-state index in [0.29, 0.717) is 17.9 Å². The number of rotatable bonds is 7. The third kappa shape index (κ3) is 5.66. The molecule has 0 fully saturated rings. The van der Waals surface area contributed by atoms with Crippen molar-refractivity contribution in [2.24, 2.45) is 5.10 Å². The lowest BCUT2D eigenvalue weighted by Gasteiger charge is -2.12. The topological polar surface area (TPSA) is 83.7 Å². The van der Waals surface area contributed by atoms with Gasteiger partial charge in [-0.2, -0.15) is 10.4 Å². The molecule has 0 saturated carbocycles. The molecule has 0 aliphatic rings. The highest BCUT2D eigenvalue weighted by atomic mass is 16.5. The smallest absolute Gasteiger partial charge is 0.280 e. The fraction of sp³-hybridized carbons (Fsp3) is 0.211. The summed E-state index contributed by atoms with van der Waals surface area (Å²) in [5.41, 5.74) is 3.80. The van der Waals surface area contributed by atoms with Crippen molar-refractivity contribution in [3.63, 3.8) is 0 Å². The minimum atomic E-state index is -0.717. The van der Waals surface area contributed by atoms with Gasteiger partial charge in [0.05, 0.1) is 24.5 Å². The summed E-state index contributed by atoms with van der Waals surface area (Å²) in [6, 6.07) is 15.9. The molecule has 2 aromatic rings. The molecule has 0 saturated heterocycles. The number of carbonyl (C=O) groups excluding carboxylic acids is 1. The Morgan fingerprint density at radius 3 is 2.44 bits per heavy atom. The molecule has 1 unspecified atom stereocenters. The van der Waals surface area contributed by atoms with E-state index in [1.807, 2.05) is 37.3 Å². The first-order valence-electron chi connectivity index (χ1n) is 7.85. The average Bonchev–Trinajstić information content (AvgIpc) is 2.64. The maximum Gasteiger partial charge on any atom is 0.280 e. The first-order valence-corrected chi connectivity index (χ1v) is 7.85. The van der Waals surface area contributed by atoms with Crippen LogP contribution in [0.1, 0.15) is 25.0 Å². The molecule has 1 amide bonds. The molecular weight excluding hydrogens is 318 g/mol. The molecule has 1 N–H and O–H groups in total. The van der Waals surface area contributed by atoms with Gasteiger partial charge in [0, 0.05) is 0 Å². The highest BCUT2D eigenvalue weighted by Crippen LogP contribution is 2.13. The minimum Gasteiger partial charge on any atom is -0.494 e. The molecule has 0 aliphatic carbocycles. The van der Waals surface area contributed by atoms with Gasteiger partial charge in [-0.25, -0.2) is 5.43 Å². The number of nitriles is 1. The van der Waals surface area contributed by atoms with Crippen LogP contribution in [-0.2, 0) is 4.79 Å². The lowest BCUT2D eigenvalue weighted by molar-refractivity contribution is -0.127. The molecule has 0 aliphatic heterocycles. The molecular formula is C19H19N3O3. The molecule has 0 spiro atoms. The third-order valence-corrected chi connectivity index (χ3v) is 3.24. The van der Waals surface area contributed by atoms with Gasteiger partial charge in [0.15, 0.2) is 6.10 Å². The summed E-state index contributed by atoms with van der Waals surface area (Å²) < 4.78 is 10.9. The van der Waals surface area contributed by atoms with Gasteiger partial charge in [-0.15, -0.1) is 0 Å². The van der Waals surface area contributed by atoms with Gasteiger partial charge in [-0.1, -0.05) is 0 Å². The zero-order chi connectivity index (χ0) is 18.1. The van der Waals surface area contributed by atoms with Crippen LogP contribution in [-0.4, -0.2) is 24.8 Å². The molecule has 0 heterocycles. The van der Waals surface area contributed by atoms with Crippen molar-refractivity contribution in [1.82, 2.24) is 5.43 Å². The largest absolute Gasteiger partial charge is 0.494 e. The standard InChI is InChI=1S/C19H19N3O3/c1-3-24-17-8-6-16(7-9-17)13-21-22-19(23)14(2)25-18-10-4-15(12-20)5-11-18/h4-11,13-14H,3H2,1-2H3,(H,22,23)/b21-13+. The van der Waals surface area contributed by atoms with Gasteiger partial charge < -0.3 is 9.47 Å². The number of amides is 1. The number of nitrogens with one attached hydrogen (secondary N) is 1. The number of hydrogen-bond donors (Lipinski definition) is 1. The summed E-state index contributed by atoms with van der Waals surface area (Å²) in [6.45, 7) is 4.16. The molecule has 1 atom stereocenters. The van der Waals surface area contributed by atoms with Crippen molar-refractivity contribution in [3.8, 4) is 17.6 Å². The highest BCUT2D eigenvalue weighted by Gasteiger charge is 2.13. The first-order chi connectivity index (χ1) is 12.1. The van der Waals surface area contributed by atoms with Crippen LogP contribution in [0.25, 0.3) is 0 Å². The van der Waals surface area contributed by atoms with E-state index in [0.717, 1.165) is 11.3 Å². The van der Waals surface area contributed by atoms with Crippen LogP contribution >= 0.6 is 0 Å². The van der Waals surface area contributed by atoms with E-state index in [4.69, 9.17) is 14.7 Å². The zero-order valence-corrected chi connectivity index (χ0v) is 14.1. The van der Waals surface area contributed by atoms with E-state index >= 15 is 0 Å². The second-order valence-electron chi connectivity index (χ2n) is 5.13. The quantitative estimate of drug-likeness (QED) is 0.622. The van der Waals surface area contributed by atoms with E-state index in [-0.39, 0.29) is 5.91 Å². The van der Waals surface area contributed by atoms with E-state index in [9.17, 15) is 4.79 Å². The number of hydrogen-bond acceptors (Lipinski definition) is 5. The number of ether oxygens (including phenoxy) is 2. The van der Waals surface area contributed by atoms with E-state index in [1.165, 1.54) is 0 Å².